The Morgan fingerprint density at radius 2 is 1.81 bits per heavy atom. The van der Waals surface area contributed by atoms with Crippen molar-refractivity contribution in [1.82, 2.24) is 20.1 Å². The number of thiocarbonyl (C=S) groups is 1. The number of aromatic nitrogens is 1. The van der Waals surface area contributed by atoms with E-state index in [9.17, 15) is 4.79 Å². The predicted molar refractivity (Wildman–Crippen MR) is 144 cm³/mol. The van der Waals surface area contributed by atoms with E-state index in [1.54, 1.807) is 0 Å². The number of aromatic amines is 1. The third-order valence-corrected chi connectivity index (χ3v) is 7.04. The van der Waals surface area contributed by atoms with Gasteiger partial charge in [0.05, 0.1) is 31.3 Å². The van der Waals surface area contributed by atoms with Gasteiger partial charge in [0.2, 0.25) is 0 Å². The molecule has 0 spiro atoms. The van der Waals surface area contributed by atoms with E-state index in [4.69, 9.17) is 26.4 Å². The lowest BCUT2D eigenvalue weighted by atomic mass is 10.1. The molecule has 9 heteroatoms. The Morgan fingerprint density at radius 3 is 2.56 bits per heavy atom. The van der Waals surface area contributed by atoms with Crippen molar-refractivity contribution in [2.75, 3.05) is 52.6 Å². The van der Waals surface area contributed by atoms with E-state index in [0.717, 1.165) is 49.3 Å². The number of hydrogen-bond donors (Lipinski definition) is 2. The summed E-state index contributed by atoms with van der Waals surface area (Å²) >= 11 is 5.86. The van der Waals surface area contributed by atoms with Crippen LogP contribution in [0.15, 0.2) is 53.3 Å². The predicted octanol–water partition coefficient (Wildman–Crippen LogP) is 3.07. The van der Waals surface area contributed by atoms with E-state index in [0.29, 0.717) is 48.5 Å². The van der Waals surface area contributed by atoms with Crippen molar-refractivity contribution in [2.45, 2.75) is 19.5 Å². The molecule has 2 aliphatic heterocycles. The summed E-state index contributed by atoms with van der Waals surface area (Å²) in [4.78, 5) is 20.5. The second-order valence-corrected chi connectivity index (χ2v) is 9.55. The van der Waals surface area contributed by atoms with Gasteiger partial charge in [-0.25, -0.2) is 0 Å². The number of H-pyrrole nitrogens is 1. The number of benzene rings is 2. The molecule has 0 radical (unpaired) electrons. The van der Waals surface area contributed by atoms with Gasteiger partial charge in [-0.3, -0.25) is 9.69 Å². The number of ether oxygens (including phenoxy) is 3. The van der Waals surface area contributed by atoms with Crippen LogP contribution in [0.1, 0.15) is 24.1 Å². The summed E-state index contributed by atoms with van der Waals surface area (Å²) in [6.07, 6.45) is 0. The van der Waals surface area contributed by atoms with Gasteiger partial charge in [-0.15, -0.1) is 0 Å². The van der Waals surface area contributed by atoms with Crippen LogP contribution in [0, 0.1) is 0 Å². The Morgan fingerprint density at radius 1 is 1.08 bits per heavy atom. The molecule has 5 rings (SSSR count). The minimum absolute atomic E-state index is 0.0446. The van der Waals surface area contributed by atoms with Crippen molar-refractivity contribution in [3.63, 3.8) is 0 Å². The highest BCUT2D eigenvalue weighted by molar-refractivity contribution is 7.80. The Kier molecular flexibility index (Phi) is 7.69. The van der Waals surface area contributed by atoms with Gasteiger partial charge in [0.25, 0.3) is 5.56 Å². The highest BCUT2D eigenvalue weighted by atomic mass is 32.1. The van der Waals surface area contributed by atoms with Crippen LogP contribution in [0.5, 0.6) is 11.5 Å². The summed E-state index contributed by atoms with van der Waals surface area (Å²) in [5.41, 5.74) is 2.40. The standard InChI is InChI=1S/C27H32N4O4S/c1-19(20-5-3-2-4-6-20)28-27(36)31(8-7-30-9-11-33-12-10-30)18-22-15-21-16-24-25(35-14-13-34-24)17-23(21)29-26(22)32/h2-6,15-17,19H,7-14,18H2,1H3,(H,28,36)(H,29,32)/t19-/m0/s1. The second kappa shape index (κ2) is 11.3. The van der Waals surface area contributed by atoms with Gasteiger partial charge in [0.1, 0.15) is 13.2 Å². The number of hydrogen-bond acceptors (Lipinski definition) is 6. The first-order valence-electron chi connectivity index (χ1n) is 12.4. The minimum Gasteiger partial charge on any atom is -0.486 e. The smallest absolute Gasteiger partial charge is 0.253 e. The van der Waals surface area contributed by atoms with Gasteiger partial charge in [0, 0.05) is 43.2 Å². The molecule has 1 atom stereocenters. The molecule has 36 heavy (non-hydrogen) atoms. The fraction of sp³-hybridized carbons (Fsp3) is 0.407. The normalized spacial score (nSPS) is 16.5. The maximum Gasteiger partial charge on any atom is 0.253 e. The lowest BCUT2D eigenvalue weighted by molar-refractivity contribution is 0.0357. The average Bonchev–Trinajstić information content (AvgIpc) is 2.91. The molecule has 1 aromatic heterocycles. The number of fused-ring (bicyclic) bond motifs is 2. The van der Waals surface area contributed by atoms with Crippen LogP contribution in [-0.4, -0.2) is 72.5 Å². The average molecular weight is 509 g/mol. The lowest BCUT2D eigenvalue weighted by Gasteiger charge is -2.32. The molecule has 2 aliphatic rings. The van der Waals surface area contributed by atoms with E-state index in [1.165, 1.54) is 0 Å². The van der Waals surface area contributed by atoms with Gasteiger partial charge in [0.15, 0.2) is 16.6 Å². The van der Waals surface area contributed by atoms with E-state index in [1.807, 2.05) is 36.4 Å². The van der Waals surface area contributed by atoms with Crippen LogP contribution >= 0.6 is 12.2 Å². The Bertz CT molecular complexity index is 1260. The molecule has 8 nitrogen and oxygen atoms in total. The quantitative estimate of drug-likeness (QED) is 0.472. The maximum atomic E-state index is 13.1. The van der Waals surface area contributed by atoms with E-state index >= 15 is 0 Å². The third-order valence-electron chi connectivity index (χ3n) is 6.66. The van der Waals surface area contributed by atoms with Crippen LogP contribution < -0.4 is 20.3 Å². The topological polar surface area (TPSA) is 79.1 Å². The molecule has 0 unspecified atom stereocenters. The number of nitrogens with zero attached hydrogens (tertiary/aromatic N) is 2. The zero-order chi connectivity index (χ0) is 24.9. The third kappa shape index (κ3) is 5.80. The lowest BCUT2D eigenvalue weighted by Crippen LogP contribution is -2.46. The van der Waals surface area contributed by atoms with Crippen molar-refractivity contribution in [3.8, 4) is 11.5 Å². The zero-order valence-electron chi connectivity index (χ0n) is 20.5. The first-order valence-corrected chi connectivity index (χ1v) is 12.8. The maximum absolute atomic E-state index is 13.1. The summed E-state index contributed by atoms with van der Waals surface area (Å²) in [7, 11) is 0. The number of pyridine rings is 1. The molecule has 0 amide bonds. The van der Waals surface area contributed by atoms with Gasteiger partial charge in [-0.1, -0.05) is 30.3 Å². The highest BCUT2D eigenvalue weighted by Gasteiger charge is 2.19. The van der Waals surface area contributed by atoms with Gasteiger partial charge in [-0.05, 0) is 36.8 Å². The van der Waals surface area contributed by atoms with Crippen LogP contribution in [-0.2, 0) is 11.3 Å². The molecule has 2 aromatic carbocycles. The first kappa shape index (κ1) is 24.5. The van der Waals surface area contributed by atoms with Crippen molar-refractivity contribution < 1.29 is 14.2 Å². The van der Waals surface area contributed by atoms with Crippen LogP contribution in [0.25, 0.3) is 10.9 Å². The molecule has 2 N–H and O–H groups in total. The zero-order valence-corrected chi connectivity index (χ0v) is 21.3. The van der Waals surface area contributed by atoms with E-state index in [-0.39, 0.29) is 11.6 Å². The highest BCUT2D eigenvalue weighted by Crippen LogP contribution is 2.33. The summed E-state index contributed by atoms with van der Waals surface area (Å²) in [5, 5.41) is 4.99. The molecular weight excluding hydrogens is 476 g/mol. The fourth-order valence-corrected chi connectivity index (χ4v) is 4.88. The SMILES string of the molecule is C[C@H](NC(=S)N(CCN1CCOCC1)Cc1cc2cc3c(cc2[nH]c1=O)OCCO3)c1ccccc1. The number of rotatable bonds is 7. The summed E-state index contributed by atoms with van der Waals surface area (Å²) < 4.78 is 16.9. The summed E-state index contributed by atoms with van der Waals surface area (Å²) in [6, 6.07) is 15.9. The van der Waals surface area contributed by atoms with Gasteiger partial charge < -0.3 is 29.4 Å². The Hall–Kier alpha value is -3.14. The van der Waals surface area contributed by atoms with Crippen molar-refractivity contribution >= 4 is 28.2 Å². The van der Waals surface area contributed by atoms with Crippen molar-refractivity contribution in [2.24, 2.45) is 0 Å². The van der Waals surface area contributed by atoms with Crippen LogP contribution in [0.4, 0.5) is 0 Å². The van der Waals surface area contributed by atoms with Crippen molar-refractivity contribution in [3.05, 3.63) is 70.0 Å². The van der Waals surface area contributed by atoms with E-state index in [2.05, 4.69) is 39.2 Å². The minimum atomic E-state index is -0.130. The van der Waals surface area contributed by atoms with Crippen LogP contribution in [0.3, 0.4) is 0 Å². The second-order valence-electron chi connectivity index (χ2n) is 9.16. The molecule has 0 saturated carbocycles. The van der Waals surface area contributed by atoms with Crippen molar-refractivity contribution in [1.29, 1.82) is 0 Å². The van der Waals surface area contributed by atoms with Crippen LogP contribution in [0.2, 0.25) is 0 Å². The number of morpholine rings is 1. The molecule has 0 bridgehead atoms. The first-order chi connectivity index (χ1) is 17.6. The fourth-order valence-electron chi connectivity index (χ4n) is 4.55. The Labute approximate surface area is 216 Å². The monoisotopic (exact) mass is 508 g/mol. The molecule has 3 aromatic rings. The molecular formula is C27H32N4O4S. The number of nitrogens with one attached hydrogen (secondary N) is 2. The largest absolute Gasteiger partial charge is 0.486 e. The molecule has 3 heterocycles. The molecule has 0 aliphatic carbocycles. The summed E-state index contributed by atoms with van der Waals surface area (Å²) in [6.45, 7) is 8.35. The molecule has 1 saturated heterocycles. The molecule has 1 fully saturated rings. The van der Waals surface area contributed by atoms with Gasteiger partial charge in [-0.2, -0.15) is 0 Å². The summed E-state index contributed by atoms with van der Waals surface area (Å²) in [5.74, 6) is 1.36. The van der Waals surface area contributed by atoms with Gasteiger partial charge >= 0.3 is 0 Å². The molecule has 190 valence electrons. The van der Waals surface area contributed by atoms with E-state index < -0.39 is 0 Å². The Balaban J connectivity index is 1.37.